The van der Waals surface area contributed by atoms with Crippen molar-refractivity contribution in [3.8, 4) is 0 Å². The highest BCUT2D eigenvalue weighted by Crippen LogP contribution is 2.28. The zero-order valence-corrected chi connectivity index (χ0v) is 11.9. The summed E-state index contributed by atoms with van der Waals surface area (Å²) in [6.45, 7) is 0. The molecule has 0 spiro atoms. The molecule has 0 saturated carbocycles. The van der Waals surface area contributed by atoms with Gasteiger partial charge in [-0.15, -0.1) is 11.3 Å². The van der Waals surface area contributed by atoms with Crippen molar-refractivity contribution in [3.05, 3.63) is 62.9 Å². The van der Waals surface area contributed by atoms with Crippen molar-refractivity contribution >= 4 is 38.2 Å². The summed E-state index contributed by atoms with van der Waals surface area (Å²) in [5.41, 5.74) is 9.53. The molecule has 90 valence electrons. The minimum atomic E-state index is -0.0860. The van der Waals surface area contributed by atoms with Gasteiger partial charge in [-0.25, -0.2) is 0 Å². The van der Waals surface area contributed by atoms with Gasteiger partial charge < -0.3 is 5.73 Å². The molecule has 0 bridgehead atoms. The molecule has 2 N–H and O–H groups in total. The monoisotopic (exact) mass is 318 g/mol. The predicted molar refractivity (Wildman–Crippen MR) is 79.8 cm³/mol. The van der Waals surface area contributed by atoms with Crippen molar-refractivity contribution in [1.82, 2.24) is 4.98 Å². The Morgan fingerprint density at radius 1 is 1.17 bits per heavy atom. The highest BCUT2D eigenvalue weighted by Gasteiger charge is 2.11. The molecule has 0 saturated heterocycles. The molecule has 1 atom stereocenters. The fraction of sp³-hybridized carbons (Fsp3) is 0.0714. The van der Waals surface area contributed by atoms with E-state index in [4.69, 9.17) is 5.73 Å². The van der Waals surface area contributed by atoms with E-state index in [1.54, 1.807) is 17.5 Å². The van der Waals surface area contributed by atoms with Gasteiger partial charge in [-0.1, -0.05) is 12.1 Å². The first-order chi connectivity index (χ1) is 8.74. The highest BCUT2D eigenvalue weighted by atomic mass is 79.9. The van der Waals surface area contributed by atoms with Gasteiger partial charge in [0.2, 0.25) is 0 Å². The average Bonchev–Trinajstić information content (AvgIpc) is 2.84. The zero-order valence-electron chi connectivity index (χ0n) is 9.51. The Morgan fingerprint density at radius 3 is 2.83 bits per heavy atom. The SMILES string of the molecule is NC(c1csc(Br)c1)c1ccc2ncccc2c1. The molecule has 2 heterocycles. The number of fused-ring (bicyclic) bond motifs is 1. The predicted octanol–water partition coefficient (Wildman–Crippen LogP) is 4.11. The van der Waals surface area contributed by atoms with E-state index in [-0.39, 0.29) is 6.04 Å². The van der Waals surface area contributed by atoms with Crippen LogP contribution in [-0.4, -0.2) is 4.98 Å². The zero-order chi connectivity index (χ0) is 12.5. The van der Waals surface area contributed by atoms with E-state index in [1.165, 1.54) is 0 Å². The van der Waals surface area contributed by atoms with Crippen molar-refractivity contribution in [3.63, 3.8) is 0 Å². The molecule has 3 aromatic rings. The minimum Gasteiger partial charge on any atom is -0.320 e. The molecule has 0 aliphatic heterocycles. The summed E-state index contributed by atoms with van der Waals surface area (Å²) in [5.74, 6) is 0. The van der Waals surface area contributed by atoms with Gasteiger partial charge >= 0.3 is 0 Å². The Hall–Kier alpha value is -1.23. The number of aromatic nitrogens is 1. The molecule has 18 heavy (non-hydrogen) atoms. The lowest BCUT2D eigenvalue weighted by atomic mass is 10.0. The smallest absolute Gasteiger partial charge is 0.0702 e. The summed E-state index contributed by atoms with van der Waals surface area (Å²) in [5, 5.41) is 3.21. The number of thiophene rings is 1. The molecule has 3 rings (SSSR count). The summed E-state index contributed by atoms with van der Waals surface area (Å²) < 4.78 is 1.11. The Bertz CT molecular complexity index is 693. The van der Waals surface area contributed by atoms with Crippen LogP contribution in [0.1, 0.15) is 17.2 Å². The van der Waals surface area contributed by atoms with Crippen LogP contribution in [0.3, 0.4) is 0 Å². The number of halogens is 1. The van der Waals surface area contributed by atoms with E-state index in [0.717, 1.165) is 25.8 Å². The third-order valence-electron chi connectivity index (χ3n) is 2.93. The van der Waals surface area contributed by atoms with Gasteiger partial charge in [-0.3, -0.25) is 4.98 Å². The van der Waals surface area contributed by atoms with Gasteiger partial charge in [0.05, 0.1) is 15.3 Å². The molecule has 1 aromatic carbocycles. The van der Waals surface area contributed by atoms with Crippen LogP contribution in [0.5, 0.6) is 0 Å². The maximum atomic E-state index is 6.29. The Morgan fingerprint density at radius 2 is 2.06 bits per heavy atom. The van der Waals surface area contributed by atoms with Crippen molar-refractivity contribution in [2.24, 2.45) is 5.73 Å². The first-order valence-electron chi connectivity index (χ1n) is 5.58. The van der Waals surface area contributed by atoms with Gasteiger partial charge in [0, 0.05) is 11.6 Å². The summed E-state index contributed by atoms with van der Waals surface area (Å²) >= 11 is 5.12. The van der Waals surface area contributed by atoms with Crippen LogP contribution in [0.4, 0.5) is 0 Å². The third-order valence-corrected chi connectivity index (χ3v) is 4.46. The first kappa shape index (κ1) is 11.8. The fourth-order valence-corrected chi connectivity index (χ4v) is 3.18. The molecule has 2 nitrogen and oxygen atoms in total. The number of benzene rings is 1. The van der Waals surface area contributed by atoms with Crippen LogP contribution in [0.25, 0.3) is 10.9 Å². The quantitative estimate of drug-likeness (QED) is 0.772. The van der Waals surface area contributed by atoms with Crippen molar-refractivity contribution < 1.29 is 0 Å². The van der Waals surface area contributed by atoms with Crippen LogP contribution in [-0.2, 0) is 0 Å². The molecule has 0 aliphatic rings. The molecule has 2 aromatic heterocycles. The van der Waals surface area contributed by atoms with Crippen molar-refractivity contribution in [2.45, 2.75) is 6.04 Å². The number of hydrogen-bond donors (Lipinski definition) is 1. The molecule has 0 radical (unpaired) electrons. The Kier molecular flexibility index (Phi) is 3.16. The highest BCUT2D eigenvalue weighted by molar-refractivity contribution is 9.11. The third kappa shape index (κ3) is 2.19. The summed E-state index contributed by atoms with van der Waals surface area (Å²) in [6, 6.07) is 12.2. The topological polar surface area (TPSA) is 38.9 Å². The second kappa shape index (κ2) is 4.80. The molecule has 0 fully saturated rings. The molecule has 4 heteroatoms. The van der Waals surface area contributed by atoms with Crippen LogP contribution in [0, 0.1) is 0 Å². The van der Waals surface area contributed by atoms with E-state index in [2.05, 4.69) is 44.5 Å². The minimum absolute atomic E-state index is 0.0860. The van der Waals surface area contributed by atoms with Gasteiger partial charge in [-0.05, 0) is 56.7 Å². The number of rotatable bonds is 2. The average molecular weight is 319 g/mol. The molecular weight excluding hydrogens is 308 g/mol. The number of hydrogen-bond acceptors (Lipinski definition) is 3. The first-order valence-corrected chi connectivity index (χ1v) is 7.25. The van der Waals surface area contributed by atoms with Crippen LogP contribution in [0.2, 0.25) is 0 Å². The number of nitrogens with zero attached hydrogens (tertiary/aromatic N) is 1. The lowest BCUT2D eigenvalue weighted by Crippen LogP contribution is -2.10. The van der Waals surface area contributed by atoms with Crippen molar-refractivity contribution in [2.75, 3.05) is 0 Å². The lowest BCUT2D eigenvalue weighted by molar-refractivity contribution is 0.878. The normalized spacial score (nSPS) is 12.8. The summed E-state index contributed by atoms with van der Waals surface area (Å²) in [4.78, 5) is 4.31. The van der Waals surface area contributed by atoms with Gasteiger partial charge in [0.25, 0.3) is 0 Å². The van der Waals surface area contributed by atoms with E-state index in [1.807, 2.05) is 18.2 Å². The van der Waals surface area contributed by atoms with Gasteiger partial charge in [-0.2, -0.15) is 0 Å². The second-order valence-electron chi connectivity index (χ2n) is 4.12. The van der Waals surface area contributed by atoms with Crippen LogP contribution < -0.4 is 5.73 Å². The van der Waals surface area contributed by atoms with E-state index in [9.17, 15) is 0 Å². The van der Waals surface area contributed by atoms with E-state index < -0.39 is 0 Å². The molecule has 0 amide bonds. The van der Waals surface area contributed by atoms with E-state index in [0.29, 0.717) is 0 Å². The summed E-state index contributed by atoms with van der Waals surface area (Å²) in [6.07, 6.45) is 1.80. The number of nitrogens with two attached hydrogens (primary N) is 1. The molecule has 0 aliphatic carbocycles. The Labute approximate surface area is 118 Å². The maximum absolute atomic E-state index is 6.29. The largest absolute Gasteiger partial charge is 0.320 e. The van der Waals surface area contributed by atoms with Crippen LogP contribution >= 0.6 is 27.3 Å². The van der Waals surface area contributed by atoms with Crippen LogP contribution in [0.15, 0.2) is 51.8 Å². The fourth-order valence-electron chi connectivity index (χ4n) is 1.97. The maximum Gasteiger partial charge on any atom is 0.0702 e. The molecular formula is C14H11BrN2S. The van der Waals surface area contributed by atoms with Gasteiger partial charge in [0.1, 0.15) is 0 Å². The second-order valence-corrected chi connectivity index (χ2v) is 6.41. The Balaban J connectivity index is 2.03. The van der Waals surface area contributed by atoms with Crippen molar-refractivity contribution in [1.29, 1.82) is 0 Å². The lowest BCUT2D eigenvalue weighted by Gasteiger charge is -2.11. The van der Waals surface area contributed by atoms with E-state index >= 15 is 0 Å². The van der Waals surface area contributed by atoms with Gasteiger partial charge in [0.15, 0.2) is 0 Å². The molecule has 1 unspecified atom stereocenters. The number of pyridine rings is 1. The summed E-state index contributed by atoms with van der Waals surface area (Å²) in [7, 11) is 0. The standard InChI is InChI=1S/C14H11BrN2S/c15-13-7-11(8-18-13)14(16)10-3-4-12-9(6-10)2-1-5-17-12/h1-8,14H,16H2.